The van der Waals surface area contributed by atoms with E-state index in [2.05, 4.69) is 10.3 Å². The summed E-state index contributed by atoms with van der Waals surface area (Å²) in [7, 11) is -2.12. The SMILES string of the molecule is Cn1nnc(C(=O)c2ccccc2)c1S(C)(=O)=O. The molecule has 0 aliphatic rings. The first-order valence-corrected chi connectivity index (χ1v) is 7.00. The van der Waals surface area contributed by atoms with Crippen molar-refractivity contribution in [3.8, 4) is 0 Å². The van der Waals surface area contributed by atoms with Gasteiger partial charge in [-0.2, -0.15) is 0 Å². The zero-order chi connectivity index (χ0) is 13.3. The Balaban J connectivity index is 2.58. The van der Waals surface area contributed by atoms with Crippen molar-refractivity contribution in [1.82, 2.24) is 15.0 Å². The lowest BCUT2D eigenvalue weighted by molar-refractivity contribution is 0.103. The van der Waals surface area contributed by atoms with Gasteiger partial charge in [0, 0.05) is 18.9 Å². The fourth-order valence-corrected chi connectivity index (χ4v) is 2.63. The van der Waals surface area contributed by atoms with E-state index in [-0.39, 0.29) is 10.7 Å². The van der Waals surface area contributed by atoms with E-state index >= 15 is 0 Å². The molecule has 0 N–H and O–H groups in total. The van der Waals surface area contributed by atoms with Gasteiger partial charge < -0.3 is 0 Å². The van der Waals surface area contributed by atoms with Crippen LogP contribution in [0.2, 0.25) is 0 Å². The molecule has 0 spiro atoms. The van der Waals surface area contributed by atoms with Crippen LogP contribution in [0.15, 0.2) is 35.4 Å². The number of aromatic nitrogens is 3. The topological polar surface area (TPSA) is 81.9 Å². The Morgan fingerprint density at radius 2 is 1.83 bits per heavy atom. The summed E-state index contributed by atoms with van der Waals surface area (Å²) in [5, 5.41) is 7.07. The second kappa shape index (κ2) is 4.34. The maximum Gasteiger partial charge on any atom is 0.216 e. The van der Waals surface area contributed by atoms with E-state index in [1.165, 1.54) is 7.05 Å². The maximum absolute atomic E-state index is 12.1. The van der Waals surface area contributed by atoms with Crippen LogP contribution >= 0.6 is 0 Å². The molecule has 0 bridgehead atoms. The first-order valence-electron chi connectivity index (χ1n) is 5.10. The molecule has 0 saturated carbocycles. The summed E-state index contributed by atoms with van der Waals surface area (Å²) in [6.07, 6.45) is 1.02. The monoisotopic (exact) mass is 265 g/mol. The molecule has 0 fully saturated rings. The summed E-state index contributed by atoms with van der Waals surface area (Å²) in [5.74, 6) is -0.455. The quantitative estimate of drug-likeness (QED) is 0.752. The number of hydrogen-bond donors (Lipinski definition) is 0. The van der Waals surface area contributed by atoms with E-state index in [9.17, 15) is 13.2 Å². The number of nitrogens with zero attached hydrogens (tertiary/aromatic N) is 3. The van der Waals surface area contributed by atoms with E-state index in [0.29, 0.717) is 5.56 Å². The molecule has 0 aliphatic carbocycles. The predicted octanol–water partition coefficient (Wildman–Crippen LogP) is 0.450. The van der Waals surface area contributed by atoms with Crippen molar-refractivity contribution in [2.45, 2.75) is 5.03 Å². The molecular weight excluding hydrogens is 254 g/mol. The minimum atomic E-state index is -3.56. The Hall–Kier alpha value is -2.02. The summed E-state index contributed by atoms with van der Waals surface area (Å²) < 4.78 is 24.3. The fourth-order valence-electron chi connectivity index (χ4n) is 1.63. The number of aryl methyl sites for hydroxylation is 1. The van der Waals surface area contributed by atoms with Crippen LogP contribution in [-0.2, 0) is 16.9 Å². The minimum absolute atomic E-state index is 0.147. The van der Waals surface area contributed by atoms with Gasteiger partial charge in [0.05, 0.1) is 0 Å². The van der Waals surface area contributed by atoms with E-state index in [1.54, 1.807) is 30.3 Å². The molecule has 1 aromatic heterocycles. The summed E-state index contributed by atoms with van der Waals surface area (Å²) in [4.78, 5) is 12.1. The van der Waals surface area contributed by atoms with Gasteiger partial charge in [-0.05, 0) is 0 Å². The summed E-state index contributed by atoms with van der Waals surface area (Å²) in [6.45, 7) is 0. The number of rotatable bonds is 3. The van der Waals surface area contributed by atoms with Gasteiger partial charge in [-0.1, -0.05) is 35.5 Å². The molecule has 18 heavy (non-hydrogen) atoms. The van der Waals surface area contributed by atoms with E-state index in [1.807, 2.05) is 0 Å². The van der Waals surface area contributed by atoms with E-state index in [4.69, 9.17) is 0 Å². The normalized spacial score (nSPS) is 11.4. The summed E-state index contributed by atoms with van der Waals surface area (Å²) in [6, 6.07) is 8.37. The molecule has 0 unspecified atom stereocenters. The minimum Gasteiger partial charge on any atom is -0.287 e. The molecule has 0 aliphatic heterocycles. The van der Waals surface area contributed by atoms with Crippen LogP contribution in [-0.4, -0.2) is 35.5 Å². The second-order valence-corrected chi connectivity index (χ2v) is 5.77. The van der Waals surface area contributed by atoms with Crippen molar-refractivity contribution in [2.75, 3.05) is 6.26 Å². The summed E-state index contributed by atoms with van der Waals surface area (Å²) >= 11 is 0. The molecule has 0 radical (unpaired) electrons. The van der Waals surface area contributed by atoms with Crippen LogP contribution < -0.4 is 0 Å². The first-order chi connectivity index (χ1) is 8.41. The molecular formula is C11H11N3O3S. The van der Waals surface area contributed by atoms with E-state index < -0.39 is 15.6 Å². The molecule has 2 rings (SSSR count). The number of benzene rings is 1. The highest BCUT2D eigenvalue weighted by Crippen LogP contribution is 2.16. The van der Waals surface area contributed by atoms with Gasteiger partial charge >= 0.3 is 0 Å². The van der Waals surface area contributed by atoms with Crippen LogP contribution in [0.5, 0.6) is 0 Å². The lowest BCUT2D eigenvalue weighted by atomic mass is 10.1. The Morgan fingerprint density at radius 3 is 2.39 bits per heavy atom. The van der Waals surface area contributed by atoms with Gasteiger partial charge in [0.1, 0.15) is 0 Å². The van der Waals surface area contributed by atoms with E-state index in [0.717, 1.165) is 10.9 Å². The predicted molar refractivity (Wildman–Crippen MR) is 64.0 cm³/mol. The van der Waals surface area contributed by atoms with Gasteiger partial charge in [-0.25, -0.2) is 13.1 Å². The van der Waals surface area contributed by atoms with Crippen molar-refractivity contribution in [2.24, 2.45) is 7.05 Å². The Bertz CT molecular complexity index is 690. The maximum atomic E-state index is 12.1. The van der Waals surface area contributed by atoms with Crippen molar-refractivity contribution in [3.05, 3.63) is 41.6 Å². The largest absolute Gasteiger partial charge is 0.287 e. The average Bonchev–Trinajstić information content (AvgIpc) is 2.71. The Morgan fingerprint density at radius 1 is 1.22 bits per heavy atom. The number of ketones is 1. The molecule has 94 valence electrons. The fraction of sp³-hybridized carbons (Fsp3) is 0.182. The number of carbonyl (C=O) groups excluding carboxylic acids is 1. The molecule has 0 amide bonds. The van der Waals surface area contributed by atoms with Gasteiger partial charge in [0.2, 0.25) is 5.78 Å². The lowest BCUT2D eigenvalue weighted by Crippen LogP contribution is -2.12. The third-order valence-corrected chi connectivity index (χ3v) is 3.54. The van der Waals surface area contributed by atoms with Crippen molar-refractivity contribution >= 4 is 15.6 Å². The van der Waals surface area contributed by atoms with Crippen molar-refractivity contribution < 1.29 is 13.2 Å². The third-order valence-electron chi connectivity index (χ3n) is 2.38. The first kappa shape index (κ1) is 12.4. The van der Waals surface area contributed by atoms with Gasteiger partial charge in [-0.3, -0.25) is 4.79 Å². The zero-order valence-corrected chi connectivity index (χ0v) is 10.7. The van der Waals surface area contributed by atoms with Crippen LogP contribution in [0.1, 0.15) is 16.1 Å². The second-order valence-electron chi connectivity index (χ2n) is 3.83. The number of carbonyl (C=O) groups is 1. The van der Waals surface area contributed by atoms with Crippen LogP contribution in [0, 0.1) is 0 Å². The van der Waals surface area contributed by atoms with Crippen LogP contribution in [0.25, 0.3) is 0 Å². The third kappa shape index (κ3) is 2.17. The van der Waals surface area contributed by atoms with Gasteiger partial charge in [0.15, 0.2) is 20.6 Å². The molecule has 2 aromatic rings. The average molecular weight is 265 g/mol. The number of sulfone groups is 1. The zero-order valence-electron chi connectivity index (χ0n) is 9.86. The Labute approximate surface area is 104 Å². The smallest absolute Gasteiger partial charge is 0.216 e. The Kier molecular flexibility index (Phi) is 3.00. The van der Waals surface area contributed by atoms with Crippen molar-refractivity contribution in [3.63, 3.8) is 0 Å². The van der Waals surface area contributed by atoms with Gasteiger partial charge in [0.25, 0.3) is 0 Å². The van der Waals surface area contributed by atoms with Gasteiger partial charge in [-0.15, -0.1) is 5.10 Å². The molecule has 1 heterocycles. The molecule has 0 atom stereocenters. The van der Waals surface area contributed by atoms with Crippen LogP contribution in [0.4, 0.5) is 0 Å². The highest BCUT2D eigenvalue weighted by Gasteiger charge is 2.26. The van der Waals surface area contributed by atoms with Crippen molar-refractivity contribution in [1.29, 1.82) is 0 Å². The molecule has 1 aromatic carbocycles. The lowest BCUT2D eigenvalue weighted by Gasteiger charge is -2.01. The standard InChI is InChI=1S/C11H11N3O3S/c1-14-11(18(2,16)17)9(12-13-14)10(15)8-6-4-3-5-7-8/h3-7H,1-2H3. The molecule has 6 nitrogen and oxygen atoms in total. The highest BCUT2D eigenvalue weighted by atomic mass is 32.2. The number of hydrogen-bond acceptors (Lipinski definition) is 5. The molecule has 0 saturated heterocycles. The molecule has 7 heteroatoms. The van der Waals surface area contributed by atoms with Crippen LogP contribution in [0.3, 0.4) is 0 Å². The summed E-state index contributed by atoms with van der Waals surface area (Å²) in [5.41, 5.74) is 0.231. The highest BCUT2D eigenvalue weighted by molar-refractivity contribution is 7.90.